The lowest BCUT2D eigenvalue weighted by Crippen LogP contribution is -2.46. The van der Waals surface area contributed by atoms with E-state index < -0.39 is 27.7 Å². The van der Waals surface area contributed by atoms with Crippen molar-refractivity contribution in [1.82, 2.24) is 10.2 Å². The largest absolute Gasteiger partial charge is 0.454 e. The fourth-order valence-electron chi connectivity index (χ4n) is 2.72. The van der Waals surface area contributed by atoms with Crippen LogP contribution in [0.4, 0.5) is 0 Å². The zero-order valence-electron chi connectivity index (χ0n) is 13.1. The number of rotatable bonds is 3. The molecule has 0 aromatic heterocycles. The topological polar surface area (TPSA) is 102 Å². The Morgan fingerprint density at radius 1 is 1.29 bits per heavy atom. The van der Waals surface area contributed by atoms with Crippen LogP contribution in [0.5, 0.6) is 11.5 Å². The first-order chi connectivity index (χ1) is 11.4. The Hall–Kier alpha value is -2.29. The molecule has 2 aliphatic rings. The second kappa shape index (κ2) is 6.31. The van der Waals surface area contributed by atoms with Crippen molar-refractivity contribution in [2.75, 3.05) is 25.3 Å². The smallest absolute Gasteiger partial charge is 0.311 e. The first-order valence-corrected chi connectivity index (χ1v) is 9.32. The predicted octanol–water partition coefficient (Wildman–Crippen LogP) is -0.323. The van der Waals surface area contributed by atoms with E-state index in [0.29, 0.717) is 17.9 Å². The quantitative estimate of drug-likeness (QED) is 0.746. The average molecular weight is 354 g/mol. The number of hydrogen-bond acceptors (Lipinski definition) is 6. The molecule has 0 bridgehead atoms. The monoisotopic (exact) mass is 354 g/mol. The van der Waals surface area contributed by atoms with E-state index in [9.17, 15) is 18.0 Å². The standard InChI is InChI=1S/C15H18N2O6S/c1-17(11-4-5-24(20,21)8-11)15(19)14(18)16-7-10-2-3-12-13(6-10)23-9-22-12/h2-3,6,11H,4-5,7-9H2,1H3,(H,16,18). The van der Waals surface area contributed by atoms with Gasteiger partial charge >= 0.3 is 11.8 Å². The predicted molar refractivity (Wildman–Crippen MR) is 84.2 cm³/mol. The molecule has 0 aliphatic carbocycles. The molecule has 2 amide bonds. The SMILES string of the molecule is CN(C(=O)C(=O)NCc1ccc2c(c1)OCO2)C1CCS(=O)(=O)C1. The summed E-state index contributed by atoms with van der Waals surface area (Å²) in [6, 6.07) is 4.80. The van der Waals surface area contributed by atoms with Crippen molar-refractivity contribution in [2.24, 2.45) is 0 Å². The molecular formula is C15H18N2O6S. The van der Waals surface area contributed by atoms with Gasteiger partial charge in [0, 0.05) is 19.6 Å². The molecular weight excluding hydrogens is 336 g/mol. The summed E-state index contributed by atoms with van der Waals surface area (Å²) in [4.78, 5) is 25.3. The molecule has 9 heteroatoms. The Morgan fingerprint density at radius 3 is 2.75 bits per heavy atom. The van der Waals surface area contributed by atoms with Gasteiger partial charge in [-0.15, -0.1) is 0 Å². The zero-order valence-corrected chi connectivity index (χ0v) is 14.0. The third kappa shape index (κ3) is 3.45. The number of likely N-dealkylation sites (N-methyl/N-ethyl adjacent to an activating group) is 1. The Morgan fingerprint density at radius 2 is 2.04 bits per heavy atom. The number of nitrogens with one attached hydrogen (secondary N) is 1. The molecule has 1 aromatic carbocycles. The lowest BCUT2D eigenvalue weighted by atomic mass is 10.2. The van der Waals surface area contributed by atoms with Crippen LogP contribution in [-0.4, -0.2) is 56.5 Å². The number of nitrogens with zero attached hydrogens (tertiary/aromatic N) is 1. The highest BCUT2D eigenvalue weighted by molar-refractivity contribution is 7.91. The average Bonchev–Trinajstić information content (AvgIpc) is 3.16. The van der Waals surface area contributed by atoms with Crippen LogP contribution >= 0.6 is 0 Å². The highest BCUT2D eigenvalue weighted by Crippen LogP contribution is 2.32. The first kappa shape index (κ1) is 16.6. The van der Waals surface area contributed by atoms with E-state index in [4.69, 9.17) is 9.47 Å². The van der Waals surface area contributed by atoms with Crippen molar-refractivity contribution >= 4 is 21.7 Å². The summed E-state index contributed by atoms with van der Waals surface area (Å²) in [6.45, 7) is 0.330. The number of carbonyl (C=O) groups excluding carboxylic acids is 2. The Labute approximate surface area is 139 Å². The third-order valence-electron chi connectivity index (χ3n) is 4.16. The summed E-state index contributed by atoms with van der Waals surface area (Å²) >= 11 is 0. The summed E-state index contributed by atoms with van der Waals surface area (Å²) in [6.07, 6.45) is 0.361. The zero-order chi connectivity index (χ0) is 17.3. The molecule has 2 heterocycles. The van der Waals surface area contributed by atoms with Crippen LogP contribution in [0.25, 0.3) is 0 Å². The van der Waals surface area contributed by atoms with Gasteiger partial charge < -0.3 is 19.7 Å². The van der Waals surface area contributed by atoms with Crippen LogP contribution in [0.1, 0.15) is 12.0 Å². The summed E-state index contributed by atoms with van der Waals surface area (Å²) in [5, 5.41) is 2.54. The number of ether oxygens (including phenoxy) is 2. The number of benzene rings is 1. The minimum absolute atomic E-state index is 0.0497. The molecule has 24 heavy (non-hydrogen) atoms. The van der Waals surface area contributed by atoms with Crippen molar-refractivity contribution in [2.45, 2.75) is 19.0 Å². The van der Waals surface area contributed by atoms with Crippen molar-refractivity contribution in [1.29, 1.82) is 0 Å². The van der Waals surface area contributed by atoms with Crippen LogP contribution in [0.15, 0.2) is 18.2 Å². The van der Waals surface area contributed by atoms with Crippen LogP contribution in [-0.2, 0) is 26.0 Å². The maximum Gasteiger partial charge on any atom is 0.311 e. The van der Waals surface area contributed by atoms with Crippen molar-refractivity contribution in [3.05, 3.63) is 23.8 Å². The molecule has 1 saturated heterocycles. The Kier molecular flexibility index (Phi) is 4.35. The van der Waals surface area contributed by atoms with E-state index in [-0.39, 0.29) is 24.8 Å². The van der Waals surface area contributed by atoms with Gasteiger partial charge in [-0.25, -0.2) is 8.42 Å². The van der Waals surface area contributed by atoms with Crippen LogP contribution in [0.3, 0.4) is 0 Å². The molecule has 1 atom stereocenters. The number of hydrogen-bond donors (Lipinski definition) is 1. The summed E-state index contributed by atoms with van der Waals surface area (Å²) in [5.74, 6) is -0.305. The van der Waals surface area contributed by atoms with Gasteiger partial charge in [-0.2, -0.15) is 0 Å². The molecule has 0 saturated carbocycles. The van der Waals surface area contributed by atoms with E-state index >= 15 is 0 Å². The Bertz CT molecular complexity index is 776. The minimum atomic E-state index is -3.11. The Balaban J connectivity index is 1.55. The second-order valence-corrected chi connectivity index (χ2v) is 8.07. The van der Waals surface area contributed by atoms with Gasteiger partial charge in [0.1, 0.15) is 0 Å². The van der Waals surface area contributed by atoms with E-state index in [0.717, 1.165) is 5.56 Å². The molecule has 0 radical (unpaired) electrons. The van der Waals surface area contributed by atoms with Gasteiger partial charge in [-0.3, -0.25) is 9.59 Å². The number of amides is 2. The maximum absolute atomic E-state index is 12.1. The second-order valence-electron chi connectivity index (χ2n) is 5.84. The van der Waals surface area contributed by atoms with E-state index in [1.165, 1.54) is 11.9 Å². The molecule has 1 aromatic rings. The highest BCUT2D eigenvalue weighted by atomic mass is 32.2. The number of carbonyl (C=O) groups is 2. The summed E-state index contributed by atoms with van der Waals surface area (Å²) in [5.41, 5.74) is 0.770. The molecule has 2 aliphatic heterocycles. The molecule has 1 N–H and O–H groups in total. The van der Waals surface area contributed by atoms with Crippen LogP contribution in [0.2, 0.25) is 0 Å². The fourth-order valence-corrected chi connectivity index (χ4v) is 4.49. The molecule has 3 rings (SSSR count). The maximum atomic E-state index is 12.1. The van der Waals surface area contributed by atoms with Gasteiger partial charge in [0.15, 0.2) is 21.3 Å². The molecule has 130 valence electrons. The van der Waals surface area contributed by atoms with Crippen LogP contribution < -0.4 is 14.8 Å². The fraction of sp³-hybridized carbons (Fsp3) is 0.467. The summed E-state index contributed by atoms with van der Waals surface area (Å²) < 4.78 is 33.4. The van der Waals surface area contributed by atoms with Gasteiger partial charge in [0.25, 0.3) is 0 Å². The third-order valence-corrected chi connectivity index (χ3v) is 5.91. The minimum Gasteiger partial charge on any atom is -0.454 e. The first-order valence-electron chi connectivity index (χ1n) is 7.50. The molecule has 0 spiro atoms. The van der Waals surface area contributed by atoms with E-state index in [2.05, 4.69) is 5.32 Å². The molecule has 8 nitrogen and oxygen atoms in total. The molecule has 1 fully saturated rings. The van der Waals surface area contributed by atoms with Gasteiger partial charge in [-0.05, 0) is 24.1 Å². The van der Waals surface area contributed by atoms with Gasteiger partial charge in [0.2, 0.25) is 6.79 Å². The summed E-state index contributed by atoms with van der Waals surface area (Å²) in [7, 11) is -1.66. The van der Waals surface area contributed by atoms with Crippen molar-refractivity contribution in [3.8, 4) is 11.5 Å². The van der Waals surface area contributed by atoms with Gasteiger partial charge in [-0.1, -0.05) is 6.07 Å². The van der Waals surface area contributed by atoms with Crippen molar-refractivity contribution in [3.63, 3.8) is 0 Å². The van der Waals surface area contributed by atoms with E-state index in [1.54, 1.807) is 18.2 Å². The number of sulfone groups is 1. The lowest BCUT2D eigenvalue weighted by Gasteiger charge is -2.22. The van der Waals surface area contributed by atoms with E-state index in [1.807, 2.05) is 0 Å². The van der Waals surface area contributed by atoms with Crippen LogP contribution in [0, 0.1) is 0 Å². The normalized spacial score (nSPS) is 20.6. The van der Waals surface area contributed by atoms with Crippen molar-refractivity contribution < 1.29 is 27.5 Å². The van der Waals surface area contributed by atoms with Gasteiger partial charge in [0.05, 0.1) is 11.5 Å². The number of fused-ring (bicyclic) bond motifs is 1. The lowest BCUT2D eigenvalue weighted by molar-refractivity contribution is -0.146. The molecule has 1 unspecified atom stereocenters. The highest BCUT2D eigenvalue weighted by Gasteiger charge is 2.34.